The lowest BCUT2D eigenvalue weighted by molar-refractivity contribution is 0.235. The van der Waals surface area contributed by atoms with Gasteiger partial charge >= 0.3 is 0 Å². The zero-order valence-corrected chi connectivity index (χ0v) is 11.6. The fourth-order valence-corrected chi connectivity index (χ4v) is 1.82. The number of hydrogen-bond donors (Lipinski definition) is 2. The summed E-state index contributed by atoms with van der Waals surface area (Å²) in [5.74, 6) is 0.582. The maximum absolute atomic E-state index is 9.00. The molecule has 0 saturated carbocycles. The first-order valence-electron chi connectivity index (χ1n) is 6.47. The summed E-state index contributed by atoms with van der Waals surface area (Å²) in [7, 11) is 0. The molecule has 0 aliphatic carbocycles. The summed E-state index contributed by atoms with van der Waals surface area (Å²) >= 11 is 0. The Labute approximate surface area is 101 Å². The summed E-state index contributed by atoms with van der Waals surface area (Å²) in [4.78, 5) is 0. The van der Waals surface area contributed by atoms with Crippen LogP contribution in [0.1, 0.15) is 53.9 Å². The fraction of sp³-hybridized carbons (Fsp3) is 0.857. The molecular formula is C14H29NO. The first-order chi connectivity index (χ1) is 7.47. The fourth-order valence-electron chi connectivity index (χ4n) is 1.82. The van der Waals surface area contributed by atoms with Crippen molar-refractivity contribution in [1.82, 2.24) is 5.32 Å². The number of hydrogen-bond acceptors (Lipinski definition) is 2. The highest BCUT2D eigenvalue weighted by molar-refractivity contribution is 4.93. The topological polar surface area (TPSA) is 32.3 Å². The predicted molar refractivity (Wildman–Crippen MR) is 71.6 cm³/mol. The smallest absolute Gasteiger partial charge is 0.0445 e. The Hall–Kier alpha value is -0.340. The monoisotopic (exact) mass is 227 g/mol. The van der Waals surface area contributed by atoms with Gasteiger partial charge in [0.2, 0.25) is 0 Å². The van der Waals surface area contributed by atoms with Gasteiger partial charge in [-0.2, -0.15) is 0 Å². The molecule has 2 atom stereocenters. The lowest BCUT2D eigenvalue weighted by Crippen LogP contribution is -2.40. The maximum Gasteiger partial charge on any atom is 0.0445 e. The van der Waals surface area contributed by atoms with Crippen molar-refractivity contribution in [2.75, 3.05) is 6.61 Å². The molecule has 0 aromatic heterocycles. The lowest BCUT2D eigenvalue weighted by Gasteiger charge is -2.25. The standard InChI is InChI=1S/C14H29NO/c1-11(2)7-6-8-13(5)15-14(9-10-16)12(3)4/h7,12-16H,6,8-10H2,1-5H3. The summed E-state index contributed by atoms with van der Waals surface area (Å²) < 4.78 is 0. The Kier molecular flexibility index (Phi) is 8.58. The minimum absolute atomic E-state index is 0.274. The predicted octanol–water partition coefficient (Wildman–Crippen LogP) is 3.12. The number of allylic oxidation sites excluding steroid dienone is 2. The van der Waals surface area contributed by atoms with Crippen LogP contribution in [-0.4, -0.2) is 23.8 Å². The van der Waals surface area contributed by atoms with Crippen LogP contribution < -0.4 is 5.32 Å². The largest absolute Gasteiger partial charge is 0.396 e. The van der Waals surface area contributed by atoms with Crippen molar-refractivity contribution in [3.8, 4) is 0 Å². The second-order valence-electron chi connectivity index (χ2n) is 5.29. The average Bonchev–Trinajstić information content (AvgIpc) is 2.16. The zero-order chi connectivity index (χ0) is 12.6. The van der Waals surface area contributed by atoms with Gasteiger partial charge in [0.1, 0.15) is 0 Å². The highest BCUT2D eigenvalue weighted by Gasteiger charge is 2.14. The van der Waals surface area contributed by atoms with Crippen molar-refractivity contribution >= 4 is 0 Å². The zero-order valence-electron chi connectivity index (χ0n) is 11.6. The number of nitrogens with one attached hydrogen (secondary N) is 1. The second kappa shape index (κ2) is 8.77. The van der Waals surface area contributed by atoms with Crippen LogP contribution in [0.15, 0.2) is 11.6 Å². The minimum atomic E-state index is 0.274. The van der Waals surface area contributed by atoms with Crippen LogP contribution in [0.4, 0.5) is 0 Å². The molecule has 0 fully saturated rings. The molecular weight excluding hydrogens is 198 g/mol. The van der Waals surface area contributed by atoms with Crippen LogP contribution in [-0.2, 0) is 0 Å². The third-order valence-corrected chi connectivity index (χ3v) is 2.90. The maximum atomic E-state index is 9.00. The van der Waals surface area contributed by atoms with Crippen LogP contribution in [0, 0.1) is 5.92 Å². The molecule has 0 spiro atoms. The van der Waals surface area contributed by atoms with Gasteiger partial charge in [-0.1, -0.05) is 25.5 Å². The number of aliphatic hydroxyl groups excluding tert-OH is 1. The van der Waals surface area contributed by atoms with E-state index >= 15 is 0 Å². The van der Waals surface area contributed by atoms with E-state index in [-0.39, 0.29) is 6.61 Å². The van der Waals surface area contributed by atoms with Gasteiger partial charge in [-0.25, -0.2) is 0 Å². The van der Waals surface area contributed by atoms with E-state index in [0.29, 0.717) is 18.0 Å². The molecule has 0 aromatic carbocycles. The molecule has 0 aliphatic rings. The van der Waals surface area contributed by atoms with E-state index in [1.165, 1.54) is 12.0 Å². The summed E-state index contributed by atoms with van der Waals surface area (Å²) in [6.45, 7) is 11.2. The average molecular weight is 227 g/mol. The van der Waals surface area contributed by atoms with Gasteiger partial charge in [0.05, 0.1) is 0 Å². The highest BCUT2D eigenvalue weighted by atomic mass is 16.3. The van der Waals surface area contributed by atoms with Crippen LogP contribution in [0.25, 0.3) is 0 Å². The van der Waals surface area contributed by atoms with Gasteiger partial charge in [0.15, 0.2) is 0 Å². The molecule has 0 aliphatic heterocycles. The molecule has 0 radical (unpaired) electrons. The van der Waals surface area contributed by atoms with Gasteiger partial charge in [-0.05, 0) is 46.0 Å². The van der Waals surface area contributed by atoms with E-state index in [9.17, 15) is 0 Å². The molecule has 2 N–H and O–H groups in total. The summed E-state index contributed by atoms with van der Waals surface area (Å²) in [6.07, 6.45) is 5.44. The lowest BCUT2D eigenvalue weighted by atomic mass is 9.99. The van der Waals surface area contributed by atoms with Gasteiger partial charge in [-0.3, -0.25) is 0 Å². The normalized spacial score (nSPS) is 14.9. The summed E-state index contributed by atoms with van der Waals surface area (Å²) in [5.41, 5.74) is 1.39. The molecule has 16 heavy (non-hydrogen) atoms. The molecule has 0 rings (SSSR count). The quantitative estimate of drug-likeness (QED) is 0.624. The number of aliphatic hydroxyl groups is 1. The van der Waals surface area contributed by atoms with Crippen molar-refractivity contribution in [3.05, 3.63) is 11.6 Å². The molecule has 96 valence electrons. The molecule has 0 heterocycles. The first-order valence-corrected chi connectivity index (χ1v) is 6.47. The number of rotatable bonds is 8. The van der Waals surface area contributed by atoms with Gasteiger partial charge < -0.3 is 10.4 Å². The van der Waals surface area contributed by atoms with E-state index in [1.807, 2.05) is 0 Å². The molecule has 2 nitrogen and oxygen atoms in total. The second-order valence-corrected chi connectivity index (χ2v) is 5.29. The van der Waals surface area contributed by atoms with Crippen LogP contribution in [0.2, 0.25) is 0 Å². The Morgan fingerprint density at radius 3 is 2.25 bits per heavy atom. The van der Waals surface area contributed by atoms with E-state index in [0.717, 1.165) is 12.8 Å². The van der Waals surface area contributed by atoms with Gasteiger partial charge in [-0.15, -0.1) is 0 Å². The molecule has 2 heteroatoms. The van der Waals surface area contributed by atoms with E-state index in [1.54, 1.807) is 0 Å². The Morgan fingerprint density at radius 1 is 1.19 bits per heavy atom. The van der Waals surface area contributed by atoms with Crippen LogP contribution in [0.3, 0.4) is 0 Å². The Balaban J connectivity index is 3.90. The molecule has 0 saturated heterocycles. The Morgan fingerprint density at radius 2 is 1.81 bits per heavy atom. The Bertz CT molecular complexity index is 195. The van der Waals surface area contributed by atoms with Crippen LogP contribution >= 0.6 is 0 Å². The van der Waals surface area contributed by atoms with Crippen molar-refractivity contribution in [2.24, 2.45) is 5.92 Å². The van der Waals surface area contributed by atoms with Crippen molar-refractivity contribution in [2.45, 2.75) is 66.0 Å². The van der Waals surface area contributed by atoms with Crippen molar-refractivity contribution in [3.63, 3.8) is 0 Å². The van der Waals surface area contributed by atoms with E-state index in [2.05, 4.69) is 46.0 Å². The van der Waals surface area contributed by atoms with E-state index < -0.39 is 0 Å². The third kappa shape index (κ3) is 7.89. The first kappa shape index (κ1) is 15.7. The molecule has 0 amide bonds. The SMILES string of the molecule is CC(C)=CCCC(C)NC(CCO)C(C)C. The molecule has 0 aromatic rings. The highest BCUT2D eigenvalue weighted by Crippen LogP contribution is 2.09. The van der Waals surface area contributed by atoms with E-state index in [4.69, 9.17) is 5.11 Å². The van der Waals surface area contributed by atoms with Crippen molar-refractivity contribution in [1.29, 1.82) is 0 Å². The van der Waals surface area contributed by atoms with Crippen LogP contribution in [0.5, 0.6) is 0 Å². The van der Waals surface area contributed by atoms with Gasteiger partial charge in [0.25, 0.3) is 0 Å². The van der Waals surface area contributed by atoms with Crippen molar-refractivity contribution < 1.29 is 5.11 Å². The summed E-state index contributed by atoms with van der Waals surface area (Å²) in [6, 6.07) is 0.959. The third-order valence-electron chi connectivity index (χ3n) is 2.90. The minimum Gasteiger partial charge on any atom is -0.396 e. The van der Waals surface area contributed by atoms with Gasteiger partial charge in [0, 0.05) is 18.7 Å². The summed E-state index contributed by atoms with van der Waals surface area (Å²) in [5, 5.41) is 12.6. The molecule has 2 unspecified atom stereocenters. The molecule has 0 bridgehead atoms.